The standard InChI is InChI=1S/C22H25N3O.ClH/c1-22(2,3)17-10-8-16(9-11-17)20-23-19-7-5-4-6-18(19)21(24-20)25-12-14-26-15-13-25;/h4-11H,12-15H2,1-3H3;1H/p-1. The molecule has 2 heterocycles. The lowest BCUT2D eigenvalue weighted by atomic mass is 9.87. The van der Waals surface area contributed by atoms with E-state index in [1.54, 1.807) is 0 Å². The Morgan fingerprint density at radius 2 is 1.56 bits per heavy atom. The Bertz CT molecular complexity index is 913. The van der Waals surface area contributed by atoms with Crippen molar-refractivity contribution in [2.45, 2.75) is 26.2 Å². The fraction of sp³-hybridized carbons (Fsp3) is 0.364. The Morgan fingerprint density at radius 3 is 2.22 bits per heavy atom. The number of para-hydroxylation sites is 1. The van der Waals surface area contributed by atoms with Gasteiger partial charge in [-0.1, -0.05) is 57.2 Å². The quantitative estimate of drug-likeness (QED) is 0.672. The lowest BCUT2D eigenvalue weighted by molar-refractivity contribution is -0.00000651. The van der Waals surface area contributed by atoms with Gasteiger partial charge in [0.1, 0.15) is 5.82 Å². The monoisotopic (exact) mass is 382 g/mol. The molecule has 0 atom stereocenters. The van der Waals surface area contributed by atoms with E-state index in [1.165, 1.54) is 5.56 Å². The van der Waals surface area contributed by atoms with Gasteiger partial charge in [0, 0.05) is 24.0 Å². The number of hydrogen-bond donors (Lipinski definition) is 0. The minimum Gasteiger partial charge on any atom is -1.00 e. The van der Waals surface area contributed by atoms with E-state index < -0.39 is 0 Å². The first-order chi connectivity index (χ1) is 12.5. The summed E-state index contributed by atoms with van der Waals surface area (Å²) in [5.74, 6) is 1.79. The molecule has 4 rings (SSSR count). The lowest BCUT2D eigenvalue weighted by Crippen LogP contribution is -3.00. The maximum absolute atomic E-state index is 5.51. The number of hydrogen-bond acceptors (Lipinski definition) is 4. The van der Waals surface area contributed by atoms with E-state index in [0.29, 0.717) is 0 Å². The molecule has 1 fully saturated rings. The van der Waals surface area contributed by atoms with Gasteiger partial charge in [-0.15, -0.1) is 0 Å². The van der Waals surface area contributed by atoms with Gasteiger partial charge in [-0.05, 0) is 23.1 Å². The van der Waals surface area contributed by atoms with E-state index in [9.17, 15) is 0 Å². The van der Waals surface area contributed by atoms with Crippen LogP contribution in [-0.4, -0.2) is 36.3 Å². The molecule has 0 radical (unpaired) electrons. The van der Waals surface area contributed by atoms with Crippen LogP contribution in [0.15, 0.2) is 48.5 Å². The van der Waals surface area contributed by atoms with Crippen LogP contribution in [0.3, 0.4) is 0 Å². The number of fused-ring (bicyclic) bond motifs is 1. The first kappa shape index (κ1) is 19.6. The van der Waals surface area contributed by atoms with E-state index in [0.717, 1.165) is 54.4 Å². The van der Waals surface area contributed by atoms with Gasteiger partial charge in [0.25, 0.3) is 0 Å². The summed E-state index contributed by atoms with van der Waals surface area (Å²) in [6, 6.07) is 16.9. The van der Waals surface area contributed by atoms with Gasteiger partial charge in [0.05, 0.1) is 18.7 Å². The third kappa shape index (κ3) is 4.07. The fourth-order valence-corrected chi connectivity index (χ4v) is 3.32. The van der Waals surface area contributed by atoms with Crippen LogP contribution in [0.2, 0.25) is 0 Å². The van der Waals surface area contributed by atoms with Gasteiger partial charge in [-0.2, -0.15) is 0 Å². The molecule has 0 N–H and O–H groups in total. The van der Waals surface area contributed by atoms with Crippen molar-refractivity contribution < 1.29 is 17.1 Å². The third-order valence-corrected chi connectivity index (χ3v) is 4.90. The minimum atomic E-state index is 0. The molecule has 4 nitrogen and oxygen atoms in total. The Hall–Kier alpha value is -2.17. The number of rotatable bonds is 2. The van der Waals surface area contributed by atoms with Crippen LogP contribution in [0, 0.1) is 0 Å². The van der Waals surface area contributed by atoms with Gasteiger partial charge in [0.15, 0.2) is 5.82 Å². The first-order valence-electron chi connectivity index (χ1n) is 9.23. The lowest BCUT2D eigenvalue weighted by Gasteiger charge is -2.29. The van der Waals surface area contributed by atoms with Crippen molar-refractivity contribution >= 4 is 16.7 Å². The summed E-state index contributed by atoms with van der Waals surface area (Å²) in [5.41, 5.74) is 3.49. The van der Waals surface area contributed by atoms with Crippen molar-refractivity contribution in [3.8, 4) is 11.4 Å². The van der Waals surface area contributed by atoms with Crippen molar-refractivity contribution in [2.24, 2.45) is 0 Å². The van der Waals surface area contributed by atoms with Crippen LogP contribution < -0.4 is 17.3 Å². The highest BCUT2D eigenvalue weighted by atomic mass is 35.5. The van der Waals surface area contributed by atoms with E-state index in [-0.39, 0.29) is 17.8 Å². The molecule has 0 spiro atoms. The molecule has 1 aromatic heterocycles. The van der Waals surface area contributed by atoms with Crippen molar-refractivity contribution in [3.63, 3.8) is 0 Å². The highest BCUT2D eigenvalue weighted by Crippen LogP contribution is 2.29. The highest BCUT2D eigenvalue weighted by Gasteiger charge is 2.18. The molecule has 0 saturated carbocycles. The van der Waals surface area contributed by atoms with Crippen molar-refractivity contribution in [1.29, 1.82) is 0 Å². The Labute approximate surface area is 167 Å². The van der Waals surface area contributed by atoms with Gasteiger partial charge in [-0.3, -0.25) is 0 Å². The number of anilines is 1. The van der Waals surface area contributed by atoms with Crippen molar-refractivity contribution in [3.05, 3.63) is 54.1 Å². The third-order valence-electron chi connectivity index (χ3n) is 4.90. The molecule has 142 valence electrons. The van der Waals surface area contributed by atoms with E-state index >= 15 is 0 Å². The van der Waals surface area contributed by atoms with Crippen LogP contribution in [0.25, 0.3) is 22.3 Å². The molecule has 5 heteroatoms. The summed E-state index contributed by atoms with van der Waals surface area (Å²) >= 11 is 0. The van der Waals surface area contributed by atoms with Crippen LogP contribution >= 0.6 is 0 Å². The SMILES string of the molecule is CC(C)(C)c1ccc(-c2nc(N3CCOCC3)c3ccccc3n2)cc1.[Cl-]. The molecule has 2 aromatic carbocycles. The zero-order chi connectivity index (χ0) is 18.1. The second-order valence-corrected chi connectivity index (χ2v) is 7.81. The van der Waals surface area contributed by atoms with E-state index in [4.69, 9.17) is 14.7 Å². The predicted molar refractivity (Wildman–Crippen MR) is 107 cm³/mol. The van der Waals surface area contributed by atoms with Crippen LogP contribution in [0.1, 0.15) is 26.3 Å². The molecule has 0 unspecified atom stereocenters. The van der Waals surface area contributed by atoms with Crippen molar-refractivity contribution in [1.82, 2.24) is 9.97 Å². The zero-order valence-electron chi connectivity index (χ0n) is 16.1. The number of aromatic nitrogens is 2. The number of benzene rings is 2. The molecule has 0 amide bonds. The van der Waals surface area contributed by atoms with Crippen LogP contribution in [0.5, 0.6) is 0 Å². The molecule has 0 bridgehead atoms. The fourth-order valence-electron chi connectivity index (χ4n) is 3.32. The van der Waals surface area contributed by atoms with Crippen molar-refractivity contribution in [2.75, 3.05) is 31.2 Å². The maximum Gasteiger partial charge on any atom is 0.162 e. The zero-order valence-corrected chi connectivity index (χ0v) is 16.8. The normalized spacial score (nSPS) is 14.9. The predicted octanol–water partition coefficient (Wildman–Crippen LogP) is 1.43. The Kier molecular flexibility index (Phi) is 5.68. The number of morpholine rings is 1. The molecule has 1 aliphatic heterocycles. The summed E-state index contributed by atoms with van der Waals surface area (Å²) in [6.07, 6.45) is 0. The molecule has 1 saturated heterocycles. The number of halogens is 1. The van der Waals surface area contributed by atoms with Crippen LogP contribution in [-0.2, 0) is 10.2 Å². The minimum absolute atomic E-state index is 0. The largest absolute Gasteiger partial charge is 1.00 e. The average Bonchev–Trinajstić information content (AvgIpc) is 2.67. The first-order valence-corrected chi connectivity index (χ1v) is 9.23. The van der Waals surface area contributed by atoms with Gasteiger partial charge in [-0.25, -0.2) is 9.97 Å². The van der Waals surface area contributed by atoms with E-state index in [1.807, 2.05) is 12.1 Å². The second-order valence-electron chi connectivity index (χ2n) is 7.81. The van der Waals surface area contributed by atoms with Gasteiger partial charge < -0.3 is 22.0 Å². The Morgan fingerprint density at radius 1 is 0.889 bits per heavy atom. The molecular formula is C22H25ClN3O-. The summed E-state index contributed by atoms with van der Waals surface area (Å²) in [6.45, 7) is 9.90. The summed E-state index contributed by atoms with van der Waals surface area (Å²) in [4.78, 5) is 12.1. The second kappa shape index (κ2) is 7.83. The Balaban J connectivity index is 0.00000210. The molecule has 0 aliphatic carbocycles. The summed E-state index contributed by atoms with van der Waals surface area (Å²) in [5, 5.41) is 1.10. The molecule has 3 aromatic rings. The van der Waals surface area contributed by atoms with E-state index in [2.05, 4.69) is 62.1 Å². The average molecular weight is 383 g/mol. The summed E-state index contributed by atoms with van der Waals surface area (Å²) in [7, 11) is 0. The topological polar surface area (TPSA) is 38.2 Å². The highest BCUT2D eigenvalue weighted by molar-refractivity contribution is 5.91. The molecule has 1 aliphatic rings. The van der Waals surface area contributed by atoms with Crippen LogP contribution in [0.4, 0.5) is 5.82 Å². The maximum atomic E-state index is 5.51. The number of ether oxygens (including phenoxy) is 1. The van der Waals surface area contributed by atoms with Gasteiger partial charge in [0.2, 0.25) is 0 Å². The smallest absolute Gasteiger partial charge is 0.162 e. The van der Waals surface area contributed by atoms with Gasteiger partial charge >= 0.3 is 0 Å². The molecule has 27 heavy (non-hydrogen) atoms. The number of nitrogens with zero attached hydrogens (tertiary/aromatic N) is 3. The summed E-state index contributed by atoms with van der Waals surface area (Å²) < 4.78 is 5.51. The molecular weight excluding hydrogens is 358 g/mol.